The van der Waals surface area contributed by atoms with Crippen LogP contribution in [0.1, 0.15) is 18.9 Å². The third kappa shape index (κ3) is 5.25. The molecule has 0 radical (unpaired) electrons. The van der Waals surface area contributed by atoms with E-state index in [1.54, 1.807) is 7.11 Å². The fraction of sp³-hybridized carbons (Fsp3) is 0.625. The summed E-state index contributed by atoms with van der Waals surface area (Å²) in [5.74, 6) is 0. The first kappa shape index (κ1) is 16.7. The van der Waals surface area contributed by atoms with Gasteiger partial charge < -0.3 is 19.7 Å². The third-order valence-corrected chi connectivity index (χ3v) is 4.13. The molecule has 1 aromatic rings. The molecule has 1 aliphatic heterocycles. The molecule has 0 bridgehead atoms. The molecule has 1 atom stereocenters. The van der Waals surface area contributed by atoms with Crippen LogP contribution in [0.3, 0.4) is 0 Å². The van der Waals surface area contributed by atoms with Crippen molar-refractivity contribution < 1.29 is 9.47 Å². The SMILES string of the molecule is COCCNCc1ccc(Br)cc1N1CCCOC(C)C1. The van der Waals surface area contributed by atoms with Gasteiger partial charge in [-0.05, 0) is 31.0 Å². The zero-order valence-corrected chi connectivity index (χ0v) is 14.5. The largest absolute Gasteiger partial charge is 0.383 e. The van der Waals surface area contributed by atoms with Crippen molar-refractivity contribution in [1.29, 1.82) is 0 Å². The summed E-state index contributed by atoms with van der Waals surface area (Å²) in [5.41, 5.74) is 2.62. The van der Waals surface area contributed by atoms with E-state index in [-0.39, 0.29) is 6.10 Å². The van der Waals surface area contributed by atoms with Crippen molar-refractivity contribution in [3.05, 3.63) is 28.2 Å². The minimum Gasteiger partial charge on any atom is -0.383 e. The Morgan fingerprint density at radius 2 is 2.33 bits per heavy atom. The summed E-state index contributed by atoms with van der Waals surface area (Å²) in [6.45, 7) is 7.46. The Hall–Kier alpha value is -0.620. The lowest BCUT2D eigenvalue weighted by Crippen LogP contribution is -2.31. The summed E-state index contributed by atoms with van der Waals surface area (Å²) in [7, 11) is 1.73. The third-order valence-electron chi connectivity index (χ3n) is 3.64. The molecular weight excluding hydrogens is 332 g/mol. The van der Waals surface area contributed by atoms with Gasteiger partial charge in [-0.25, -0.2) is 0 Å². The molecule has 0 amide bonds. The Labute approximate surface area is 135 Å². The van der Waals surface area contributed by atoms with Crippen LogP contribution >= 0.6 is 15.9 Å². The number of nitrogens with one attached hydrogen (secondary N) is 1. The second kappa shape index (κ2) is 8.73. The Morgan fingerprint density at radius 1 is 1.48 bits per heavy atom. The molecule has 5 heteroatoms. The number of methoxy groups -OCH3 is 1. The van der Waals surface area contributed by atoms with Crippen molar-refractivity contribution in [2.24, 2.45) is 0 Å². The predicted octanol–water partition coefficient (Wildman–Crippen LogP) is 2.80. The first-order chi connectivity index (χ1) is 10.2. The van der Waals surface area contributed by atoms with E-state index in [9.17, 15) is 0 Å². The molecule has 0 saturated carbocycles. The first-order valence-electron chi connectivity index (χ1n) is 7.55. The van der Waals surface area contributed by atoms with Crippen molar-refractivity contribution in [3.63, 3.8) is 0 Å². The highest BCUT2D eigenvalue weighted by Crippen LogP contribution is 2.27. The van der Waals surface area contributed by atoms with E-state index in [2.05, 4.69) is 51.3 Å². The maximum absolute atomic E-state index is 5.75. The van der Waals surface area contributed by atoms with Crippen LogP contribution in [0.4, 0.5) is 5.69 Å². The molecule has 1 heterocycles. The monoisotopic (exact) mass is 356 g/mol. The van der Waals surface area contributed by atoms with Gasteiger partial charge in [0.1, 0.15) is 0 Å². The Bertz CT molecular complexity index is 442. The lowest BCUT2D eigenvalue weighted by Gasteiger charge is -2.27. The summed E-state index contributed by atoms with van der Waals surface area (Å²) >= 11 is 3.59. The van der Waals surface area contributed by atoms with Gasteiger partial charge in [-0.3, -0.25) is 0 Å². The summed E-state index contributed by atoms with van der Waals surface area (Å²) in [5, 5.41) is 3.43. The fourth-order valence-electron chi connectivity index (χ4n) is 2.59. The molecule has 1 saturated heterocycles. The number of anilines is 1. The fourth-order valence-corrected chi connectivity index (χ4v) is 2.94. The minimum atomic E-state index is 0.279. The van der Waals surface area contributed by atoms with E-state index < -0.39 is 0 Å². The summed E-state index contributed by atoms with van der Waals surface area (Å²) in [6, 6.07) is 6.51. The Morgan fingerprint density at radius 3 is 3.14 bits per heavy atom. The second-order valence-electron chi connectivity index (χ2n) is 5.42. The van der Waals surface area contributed by atoms with Crippen molar-refractivity contribution in [2.75, 3.05) is 44.9 Å². The van der Waals surface area contributed by atoms with E-state index in [1.807, 2.05) is 0 Å². The number of halogens is 1. The molecule has 1 unspecified atom stereocenters. The van der Waals surface area contributed by atoms with Crippen molar-refractivity contribution in [3.8, 4) is 0 Å². The molecule has 0 aliphatic carbocycles. The van der Waals surface area contributed by atoms with Gasteiger partial charge >= 0.3 is 0 Å². The topological polar surface area (TPSA) is 33.7 Å². The average Bonchev–Trinajstić information content (AvgIpc) is 2.69. The quantitative estimate of drug-likeness (QED) is 0.794. The molecule has 21 heavy (non-hydrogen) atoms. The number of hydrogen-bond donors (Lipinski definition) is 1. The van der Waals surface area contributed by atoms with Gasteiger partial charge in [-0.15, -0.1) is 0 Å². The van der Waals surface area contributed by atoms with Crippen molar-refractivity contribution in [2.45, 2.75) is 26.0 Å². The molecule has 1 fully saturated rings. The van der Waals surface area contributed by atoms with Gasteiger partial charge in [-0.2, -0.15) is 0 Å². The zero-order valence-electron chi connectivity index (χ0n) is 12.9. The van der Waals surface area contributed by atoms with Crippen LogP contribution < -0.4 is 10.2 Å². The van der Waals surface area contributed by atoms with E-state index in [1.165, 1.54) is 11.3 Å². The number of benzene rings is 1. The van der Waals surface area contributed by atoms with E-state index in [0.717, 1.165) is 50.3 Å². The number of ether oxygens (including phenoxy) is 2. The number of hydrogen-bond acceptors (Lipinski definition) is 4. The van der Waals surface area contributed by atoms with Crippen LogP contribution in [0.2, 0.25) is 0 Å². The van der Waals surface area contributed by atoms with Gasteiger partial charge in [0, 0.05) is 50.1 Å². The van der Waals surface area contributed by atoms with Crippen LogP contribution in [0.25, 0.3) is 0 Å². The molecule has 2 rings (SSSR count). The lowest BCUT2D eigenvalue weighted by molar-refractivity contribution is 0.0821. The highest BCUT2D eigenvalue weighted by atomic mass is 79.9. The van der Waals surface area contributed by atoms with Crippen LogP contribution in [0, 0.1) is 0 Å². The van der Waals surface area contributed by atoms with E-state index in [4.69, 9.17) is 9.47 Å². The highest BCUT2D eigenvalue weighted by molar-refractivity contribution is 9.10. The van der Waals surface area contributed by atoms with Crippen LogP contribution in [0.15, 0.2) is 22.7 Å². The highest BCUT2D eigenvalue weighted by Gasteiger charge is 2.18. The Kier molecular flexibility index (Phi) is 6.96. The molecule has 1 N–H and O–H groups in total. The van der Waals surface area contributed by atoms with Gasteiger partial charge in [0.15, 0.2) is 0 Å². The molecular formula is C16H25BrN2O2. The molecule has 1 aliphatic rings. The van der Waals surface area contributed by atoms with Gasteiger partial charge in [0.05, 0.1) is 12.7 Å². The maximum atomic E-state index is 5.75. The number of rotatable bonds is 6. The van der Waals surface area contributed by atoms with Crippen LogP contribution in [-0.2, 0) is 16.0 Å². The molecule has 0 spiro atoms. The van der Waals surface area contributed by atoms with Crippen LogP contribution in [0.5, 0.6) is 0 Å². The summed E-state index contributed by atoms with van der Waals surface area (Å²) in [4.78, 5) is 2.44. The average molecular weight is 357 g/mol. The normalized spacial score (nSPS) is 19.6. The van der Waals surface area contributed by atoms with E-state index in [0.29, 0.717) is 0 Å². The summed E-state index contributed by atoms with van der Waals surface area (Å²) < 4.78 is 12.0. The first-order valence-corrected chi connectivity index (χ1v) is 8.34. The van der Waals surface area contributed by atoms with Gasteiger partial charge in [0.25, 0.3) is 0 Å². The van der Waals surface area contributed by atoms with Crippen LogP contribution in [-0.4, -0.2) is 46.1 Å². The molecule has 4 nitrogen and oxygen atoms in total. The molecule has 1 aromatic carbocycles. The maximum Gasteiger partial charge on any atom is 0.0721 e. The van der Waals surface area contributed by atoms with Crippen molar-refractivity contribution in [1.82, 2.24) is 5.32 Å². The zero-order chi connectivity index (χ0) is 15.1. The van der Waals surface area contributed by atoms with E-state index >= 15 is 0 Å². The molecule has 0 aromatic heterocycles. The minimum absolute atomic E-state index is 0.279. The summed E-state index contributed by atoms with van der Waals surface area (Å²) in [6.07, 6.45) is 1.36. The second-order valence-corrected chi connectivity index (χ2v) is 6.34. The Balaban J connectivity index is 2.09. The van der Waals surface area contributed by atoms with Gasteiger partial charge in [-0.1, -0.05) is 22.0 Å². The van der Waals surface area contributed by atoms with Gasteiger partial charge in [0.2, 0.25) is 0 Å². The standard InChI is InChI=1S/C16H25BrN2O2/c1-13-12-19(7-3-8-21-13)16-10-15(17)5-4-14(16)11-18-6-9-20-2/h4-5,10,13,18H,3,6-9,11-12H2,1-2H3. The predicted molar refractivity (Wildman–Crippen MR) is 90.0 cm³/mol. The van der Waals surface area contributed by atoms with Crippen molar-refractivity contribution >= 4 is 21.6 Å². The lowest BCUT2D eigenvalue weighted by atomic mass is 10.1. The smallest absolute Gasteiger partial charge is 0.0721 e. The molecule has 118 valence electrons. The number of nitrogens with zero attached hydrogens (tertiary/aromatic N) is 1.